The number of aromatic nitrogens is 2. The first-order chi connectivity index (χ1) is 16.4. The highest BCUT2D eigenvalue weighted by Gasteiger charge is 2.39. The zero-order chi connectivity index (χ0) is 24.3. The first kappa shape index (κ1) is 23.7. The Labute approximate surface area is 205 Å². The van der Waals surface area contributed by atoms with Crippen molar-refractivity contribution in [2.45, 2.75) is 19.4 Å². The molecule has 0 amide bonds. The normalized spacial score (nSPS) is 12.9. The minimum Gasteiger partial charge on any atom is -0.495 e. The van der Waals surface area contributed by atoms with Crippen LogP contribution in [0.15, 0.2) is 61.8 Å². The number of ether oxygens (including phenoxy) is 3. The molecule has 0 N–H and O–H groups in total. The molecule has 2 heterocycles. The number of carbonyl (C=O) groups is 1. The van der Waals surface area contributed by atoms with Crippen LogP contribution in [0.4, 0.5) is 0 Å². The van der Waals surface area contributed by atoms with E-state index in [2.05, 4.69) is 26.1 Å². The zero-order valence-electron chi connectivity index (χ0n) is 19.1. The van der Waals surface area contributed by atoms with E-state index in [1.807, 2.05) is 19.1 Å². The van der Waals surface area contributed by atoms with Gasteiger partial charge in [-0.25, -0.2) is 0 Å². The SMILES string of the molecule is CCOC(C=O)(c1ccc(-c2nnc(C)o2)cc1)c1ccc(-c2cc(OC)c(Br)c(OC)c2)o1. The van der Waals surface area contributed by atoms with E-state index < -0.39 is 5.60 Å². The van der Waals surface area contributed by atoms with E-state index in [0.717, 1.165) is 17.4 Å². The van der Waals surface area contributed by atoms with Gasteiger partial charge in [-0.2, -0.15) is 0 Å². The summed E-state index contributed by atoms with van der Waals surface area (Å²) in [6.07, 6.45) is 0.744. The number of methoxy groups -OCH3 is 2. The lowest BCUT2D eigenvalue weighted by atomic mass is 9.91. The summed E-state index contributed by atoms with van der Waals surface area (Å²) in [6, 6.07) is 14.3. The Kier molecular flexibility index (Phi) is 6.85. The Morgan fingerprint density at radius 3 is 2.18 bits per heavy atom. The summed E-state index contributed by atoms with van der Waals surface area (Å²) in [7, 11) is 3.14. The quantitative estimate of drug-likeness (QED) is 0.261. The first-order valence-corrected chi connectivity index (χ1v) is 11.3. The topological polar surface area (TPSA) is 96.8 Å². The summed E-state index contributed by atoms with van der Waals surface area (Å²) in [6.45, 7) is 3.84. The predicted octanol–water partition coefficient (Wildman–Crippen LogP) is 5.56. The van der Waals surface area contributed by atoms with E-state index in [1.165, 1.54) is 0 Å². The molecule has 8 nitrogen and oxygen atoms in total. The van der Waals surface area contributed by atoms with Crippen LogP contribution in [0.25, 0.3) is 22.8 Å². The molecular weight excluding hydrogens is 504 g/mol. The number of aryl methyl sites for hydroxylation is 1. The minimum absolute atomic E-state index is 0.291. The standard InChI is InChI=1S/C25H23BrN2O6/c1-5-32-25(14-29,18-8-6-16(7-9-18)24-28-27-15(2)33-24)22-11-10-19(34-22)17-12-20(30-3)23(26)21(13-17)31-4/h6-14H,5H2,1-4H3. The molecule has 0 aliphatic carbocycles. The number of aldehydes is 1. The number of hydrogen-bond donors (Lipinski definition) is 0. The molecule has 0 aliphatic heterocycles. The summed E-state index contributed by atoms with van der Waals surface area (Å²) in [4.78, 5) is 12.5. The third kappa shape index (κ3) is 4.24. The monoisotopic (exact) mass is 526 g/mol. The fourth-order valence-electron chi connectivity index (χ4n) is 3.66. The van der Waals surface area contributed by atoms with Crippen molar-refractivity contribution >= 4 is 22.2 Å². The third-order valence-electron chi connectivity index (χ3n) is 5.33. The maximum Gasteiger partial charge on any atom is 0.247 e. The lowest BCUT2D eigenvalue weighted by molar-refractivity contribution is -0.128. The number of carbonyl (C=O) groups excluding carboxylic acids is 1. The molecule has 0 saturated carbocycles. The lowest BCUT2D eigenvalue weighted by Gasteiger charge is -2.26. The maximum absolute atomic E-state index is 12.5. The van der Waals surface area contributed by atoms with E-state index >= 15 is 0 Å². The highest BCUT2D eigenvalue weighted by Crippen LogP contribution is 2.41. The van der Waals surface area contributed by atoms with Crippen LogP contribution < -0.4 is 9.47 Å². The first-order valence-electron chi connectivity index (χ1n) is 10.5. The average Bonchev–Trinajstić information content (AvgIpc) is 3.53. The molecule has 0 saturated heterocycles. The Morgan fingerprint density at radius 2 is 1.65 bits per heavy atom. The van der Waals surface area contributed by atoms with Gasteiger partial charge in [-0.1, -0.05) is 12.1 Å². The van der Waals surface area contributed by atoms with E-state index in [4.69, 9.17) is 23.0 Å². The van der Waals surface area contributed by atoms with Crippen LogP contribution in [0.3, 0.4) is 0 Å². The van der Waals surface area contributed by atoms with Gasteiger partial charge < -0.3 is 23.0 Å². The predicted molar refractivity (Wildman–Crippen MR) is 128 cm³/mol. The second-order valence-corrected chi connectivity index (χ2v) is 8.14. The maximum atomic E-state index is 12.5. The second-order valence-electron chi connectivity index (χ2n) is 7.35. The van der Waals surface area contributed by atoms with Crippen molar-refractivity contribution in [2.75, 3.05) is 20.8 Å². The number of furan rings is 1. The largest absolute Gasteiger partial charge is 0.495 e. The highest BCUT2D eigenvalue weighted by molar-refractivity contribution is 9.10. The van der Waals surface area contributed by atoms with Crippen molar-refractivity contribution in [3.8, 4) is 34.3 Å². The molecule has 4 aromatic rings. The molecule has 2 aromatic heterocycles. The number of halogens is 1. The minimum atomic E-state index is -1.43. The number of hydrogen-bond acceptors (Lipinski definition) is 8. The van der Waals surface area contributed by atoms with Crippen LogP contribution in [0.5, 0.6) is 11.5 Å². The molecule has 0 radical (unpaired) electrons. The molecule has 0 bridgehead atoms. The van der Waals surface area contributed by atoms with Crippen molar-refractivity contribution in [3.63, 3.8) is 0 Å². The van der Waals surface area contributed by atoms with Gasteiger partial charge in [0.15, 0.2) is 6.29 Å². The molecule has 176 valence electrons. The van der Waals surface area contributed by atoms with Crippen LogP contribution in [0.2, 0.25) is 0 Å². The Morgan fingerprint density at radius 1 is 0.971 bits per heavy atom. The second kappa shape index (κ2) is 9.82. The van der Waals surface area contributed by atoms with Crippen LogP contribution in [0, 0.1) is 6.92 Å². The molecule has 1 atom stereocenters. The fraction of sp³-hybridized carbons (Fsp3) is 0.240. The van der Waals surface area contributed by atoms with E-state index in [0.29, 0.717) is 51.4 Å². The fourth-order valence-corrected chi connectivity index (χ4v) is 4.22. The van der Waals surface area contributed by atoms with Crippen molar-refractivity contribution in [1.29, 1.82) is 0 Å². The summed E-state index contributed by atoms with van der Waals surface area (Å²) in [5, 5.41) is 7.89. The summed E-state index contributed by atoms with van der Waals surface area (Å²) >= 11 is 3.47. The van der Waals surface area contributed by atoms with Gasteiger partial charge in [0, 0.05) is 24.7 Å². The number of rotatable bonds is 9. The number of nitrogens with zero attached hydrogens (tertiary/aromatic N) is 2. The summed E-state index contributed by atoms with van der Waals surface area (Å²) in [5.41, 5.74) is 0.632. The number of benzene rings is 2. The van der Waals surface area contributed by atoms with Gasteiger partial charge in [0.2, 0.25) is 17.4 Å². The molecule has 2 aromatic carbocycles. The van der Waals surface area contributed by atoms with Crippen LogP contribution in [-0.2, 0) is 15.1 Å². The Hall–Kier alpha value is -3.43. The van der Waals surface area contributed by atoms with Crippen LogP contribution in [0.1, 0.15) is 24.1 Å². The smallest absolute Gasteiger partial charge is 0.247 e. The highest BCUT2D eigenvalue weighted by atomic mass is 79.9. The van der Waals surface area contributed by atoms with Gasteiger partial charge in [-0.05, 0) is 64.8 Å². The van der Waals surface area contributed by atoms with E-state index in [1.54, 1.807) is 57.5 Å². The molecule has 0 fully saturated rings. The van der Waals surface area contributed by atoms with E-state index in [-0.39, 0.29) is 0 Å². The van der Waals surface area contributed by atoms with Crippen LogP contribution in [-0.4, -0.2) is 37.3 Å². The Bertz CT molecular complexity index is 1270. The Balaban J connectivity index is 1.75. The van der Waals surface area contributed by atoms with Crippen LogP contribution >= 0.6 is 15.9 Å². The zero-order valence-corrected chi connectivity index (χ0v) is 20.7. The van der Waals surface area contributed by atoms with Gasteiger partial charge in [-0.3, -0.25) is 4.79 Å². The molecule has 0 aliphatic rings. The molecule has 9 heteroatoms. The summed E-state index contributed by atoms with van der Waals surface area (Å²) < 4.78 is 29.2. The van der Waals surface area contributed by atoms with Gasteiger partial charge in [0.25, 0.3) is 0 Å². The van der Waals surface area contributed by atoms with Crippen molar-refractivity contribution < 1.29 is 27.8 Å². The molecule has 34 heavy (non-hydrogen) atoms. The average molecular weight is 527 g/mol. The molecule has 4 rings (SSSR count). The third-order valence-corrected chi connectivity index (χ3v) is 6.11. The molecular formula is C25H23BrN2O6. The summed E-state index contributed by atoms with van der Waals surface area (Å²) in [5.74, 6) is 2.93. The van der Waals surface area contributed by atoms with Crippen molar-refractivity contribution in [2.24, 2.45) is 0 Å². The molecule has 0 spiro atoms. The van der Waals surface area contributed by atoms with Crippen molar-refractivity contribution in [3.05, 3.63) is 70.2 Å². The lowest BCUT2D eigenvalue weighted by Crippen LogP contribution is -2.32. The van der Waals surface area contributed by atoms with Gasteiger partial charge in [0.1, 0.15) is 27.5 Å². The van der Waals surface area contributed by atoms with Gasteiger partial charge >= 0.3 is 0 Å². The van der Waals surface area contributed by atoms with E-state index in [9.17, 15) is 4.79 Å². The van der Waals surface area contributed by atoms with Crippen molar-refractivity contribution in [1.82, 2.24) is 10.2 Å². The van der Waals surface area contributed by atoms with Gasteiger partial charge in [0.05, 0.1) is 14.2 Å². The molecule has 1 unspecified atom stereocenters. The van der Waals surface area contributed by atoms with Gasteiger partial charge in [-0.15, -0.1) is 10.2 Å².